The Hall–Kier alpha value is -3.85. The van der Waals surface area contributed by atoms with Crippen LogP contribution in [0.1, 0.15) is 42.6 Å². The number of hydrogen-bond acceptors (Lipinski definition) is 8. The van der Waals surface area contributed by atoms with E-state index in [2.05, 4.69) is 20.6 Å². The maximum Gasteiger partial charge on any atom is 0.278 e. The van der Waals surface area contributed by atoms with Gasteiger partial charge in [-0.2, -0.15) is 0 Å². The van der Waals surface area contributed by atoms with Gasteiger partial charge in [-0.25, -0.2) is 4.98 Å². The van der Waals surface area contributed by atoms with Crippen LogP contribution in [0.4, 0.5) is 0 Å². The number of piperidine rings is 1. The summed E-state index contributed by atoms with van der Waals surface area (Å²) in [6.07, 6.45) is 7.35. The predicted molar refractivity (Wildman–Crippen MR) is 152 cm³/mol. The molecule has 4 rings (SSSR count). The van der Waals surface area contributed by atoms with Crippen molar-refractivity contribution in [2.75, 3.05) is 65.6 Å². The van der Waals surface area contributed by atoms with Crippen molar-refractivity contribution >= 4 is 29.6 Å². The number of aromatic nitrogens is 2. The molecular weight excluding hydrogens is 544 g/mol. The van der Waals surface area contributed by atoms with E-state index in [0.717, 1.165) is 38.8 Å². The number of rotatable bonds is 13. The number of nitrogens with zero attached hydrogens (tertiary/aromatic N) is 5. The van der Waals surface area contributed by atoms with Gasteiger partial charge in [0.15, 0.2) is 12.5 Å². The molecule has 2 atom stereocenters. The molecule has 1 aliphatic carbocycles. The Kier molecular flexibility index (Phi) is 10.6. The fourth-order valence-corrected chi connectivity index (χ4v) is 5.96. The quantitative estimate of drug-likeness (QED) is 0.0747. The summed E-state index contributed by atoms with van der Waals surface area (Å²) in [5.74, 6) is -1.43. The lowest BCUT2D eigenvalue weighted by molar-refractivity contribution is -0.931. The molecule has 15 heteroatoms. The van der Waals surface area contributed by atoms with Crippen LogP contribution in [0.15, 0.2) is 18.6 Å². The SMILES string of the molecule is N=C(N)N1CCC[C@H](C[N+]2(CC(=O)N(C3CC3)[C@@H](CC(N)=O)C(=O)NCCNC(=O)c3cnccn3)CCOCC2)C1. The second-order valence-corrected chi connectivity index (χ2v) is 11.4. The Balaban J connectivity index is 1.41. The minimum Gasteiger partial charge on any atom is -0.370 e. The fourth-order valence-electron chi connectivity index (χ4n) is 5.96. The number of hydrogen-bond donors (Lipinski definition) is 5. The van der Waals surface area contributed by atoms with Crippen LogP contribution in [-0.4, -0.2) is 131 Å². The van der Waals surface area contributed by atoms with Gasteiger partial charge in [-0.1, -0.05) is 0 Å². The van der Waals surface area contributed by atoms with E-state index in [9.17, 15) is 19.2 Å². The van der Waals surface area contributed by atoms with Crippen LogP contribution in [0.5, 0.6) is 0 Å². The van der Waals surface area contributed by atoms with Crippen molar-refractivity contribution in [3.05, 3.63) is 24.3 Å². The molecule has 3 aliphatic rings. The van der Waals surface area contributed by atoms with Crippen LogP contribution < -0.4 is 22.1 Å². The summed E-state index contributed by atoms with van der Waals surface area (Å²) in [4.78, 5) is 62.9. The summed E-state index contributed by atoms with van der Waals surface area (Å²) < 4.78 is 6.17. The monoisotopic (exact) mass is 587 g/mol. The lowest BCUT2D eigenvalue weighted by Crippen LogP contribution is -2.64. The largest absolute Gasteiger partial charge is 0.370 e. The minimum atomic E-state index is -1.04. The fraction of sp³-hybridized carbons (Fsp3) is 0.667. The highest BCUT2D eigenvalue weighted by molar-refractivity contribution is 5.93. The number of amides is 4. The Labute approximate surface area is 245 Å². The number of carbonyl (C=O) groups excluding carboxylic acids is 4. The number of morpholine rings is 1. The molecule has 4 amide bonds. The van der Waals surface area contributed by atoms with E-state index in [4.69, 9.17) is 21.6 Å². The van der Waals surface area contributed by atoms with Crippen molar-refractivity contribution in [3.8, 4) is 0 Å². The van der Waals surface area contributed by atoms with Gasteiger partial charge < -0.3 is 41.1 Å². The number of primary amides is 1. The van der Waals surface area contributed by atoms with Gasteiger partial charge in [-0.3, -0.25) is 29.6 Å². The highest BCUT2D eigenvalue weighted by atomic mass is 16.5. The van der Waals surface area contributed by atoms with Gasteiger partial charge in [0.1, 0.15) is 24.8 Å². The van der Waals surface area contributed by atoms with Crippen LogP contribution in [-0.2, 0) is 19.1 Å². The second kappa shape index (κ2) is 14.4. The Morgan fingerprint density at radius 3 is 2.50 bits per heavy atom. The third-order valence-corrected chi connectivity index (χ3v) is 8.16. The molecule has 0 spiro atoms. The number of quaternary nitrogens is 1. The first-order valence-corrected chi connectivity index (χ1v) is 14.6. The summed E-state index contributed by atoms with van der Waals surface area (Å²) >= 11 is 0. The van der Waals surface area contributed by atoms with E-state index < -0.39 is 23.8 Å². The average Bonchev–Trinajstić information content (AvgIpc) is 3.80. The molecule has 1 saturated carbocycles. The van der Waals surface area contributed by atoms with Gasteiger partial charge >= 0.3 is 0 Å². The summed E-state index contributed by atoms with van der Waals surface area (Å²) in [5.41, 5.74) is 11.5. The zero-order valence-electron chi connectivity index (χ0n) is 24.0. The smallest absolute Gasteiger partial charge is 0.278 e. The molecule has 0 bridgehead atoms. The predicted octanol–water partition coefficient (Wildman–Crippen LogP) is -1.99. The zero-order valence-corrected chi connectivity index (χ0v) is 24.0. The maximum atomic E-state index is 14.0. The van der Waals surface area contributed by atoms with Crippen LogP contribution >= 0.6 is 0 Å². The van der Waals surface area contributed by atoms with Crippen molar-refractivity contribution in [2.45, 2.75) is 44.2 Å². The molecule has 15 nitrogen and oxygen atoms in total. The Morgan fingerprint density at radius 2 is 1.86 bits per heavy atom. The van der Waals surface area contributed by atoms with Crippen LogP contribution in [0.2, 0.25) is 0 Å². The van der Waals surface area contributed by atoms with Crippen molar-refractivity contribution in [2.24, 2.45) is 17.4 Å². The number of ether oxygens (including phenoxy) is 1. The molecule has 2 aliphatic heterocycles. The number of nitrogens with two attached hydrogens (primary N) is 2. The van der Waals surface area contributed by atoms with Crippen molar-refractivity contribution < 1.29 is 28.4 Å². The maximum absolute atomic E-state index is 14.0. The molecular formula is C27H43N10O5+. The van der Waals surface area contributed by atoms with Gasteiger partial charge in [0, 0.05) is 50.5 Å². The van der Waals surface area contributed by atoms with Gasteiger partial charge in [0.25, 0.3) is 11.8 Å². The first-order chi connectivity index (χ1) is 20.2. The van der Waals surface area contributed by atoms with Crippen LogP contribution in [0.25, 0.3) is 0 Å². The van der Waals surface area contributed by atoms with E-state index >= 15 is 0 Å². The van der Waals surface area contributed by atoms with Crippen LogP contribution in [0.3, 0.4) is 0 Å². The summed E-state index contributed by atoms with van der Waals surface area (Å²) in [7, 11) is 0. The molecule has 2 saturated heterocycles. The van der Waals surface area contributed by atoms with Crippen LogP contribution in [0, 0.1) is 11.3 Å². The minimum absolute atomic E-state index is 0.0674. The van der Waals surface area contributed by atoms with Crippen molar-refractivity contribution in [3.63, 3.8) is 0 Å². The van der Waals surface area contributed by atoms with Gasteiger partial charge in [0.05, 0.1) is 32.4 Å². The van der Waals surface area contributed by atoms with E-state index in [0.29, 0.717) is 37.3 Å². The van der Waals surface area contributed by atoms with E-state index in [1.54, 1.807) is 4.90 Å². The first kappa shape index (κ1) is 31.1. The van der Waals surface area contributed by atoms with Gasteiger partial charge in [-0.05, 0) is 25.7 Å². The third kappa shape index (κ3) is 8.58. The number of guanidine groups is 1. The zero-order chi connectivity index (χ0) is 30.1. The highest BCUT2D eigenvalue weighted by Gasteiger charge is 2.45. The third-order valence-electron chi connectivity index (χ3n) is 8.16. The lowest BCUT2D eigenvalue weighted by Gasteiger charge is -2.45. The Bertz CT molecular complexity index is 1130. The molecule has 1 aromatic rings. The average molecular weight is 588 g/mol. The molecule has 3 fully saturated rings. The molecule has 0 aromatic carbocycles. The lowest BCUT2D eigenvalue weighted by atomic mass is 9.96. The van der Waals surface area contributed by atoms with Gasteiger partial charge in [0.2, 0.25) is 11.8 Å². The first-order valence-electron chi connectivity index (χ1n) is 14.6. The number of carbonyl (C=O) groups is 4. The van der Waals surface area contributed by atoms with Gasteiger partial charge in [-0.15, -0.1) is 0 Å². The molecule has 0 unspecified atom stereocenters. The topological polar surface area (TPSA) is 210 Å². The second-order valence-electron chi connectivity index (χ2n) is 11.4. The number of nitrogens with one attached hydrogen (secondary N) is 3. The highest BCUT2D eigenvalue weighted by Crippen LogP contribution is 2.31. The van der Waals surface area contributed by atoms with E-state index in [1.165, 1.54) is 18.6 Å². The van der Waals surface area contributed by atoms with E-state index in [1.807, 2.05) is 4.90 Å². The van der Waals surface area contributed by atoms with Crippen molar-refractivity contribution in [1.82, 2.24) is 30.4 Å². The van der Waals surface area contributed by atoms with Crippen molar-refractivity contribution in [1.29, 1.82) is 5.41 Å². The molecule has 42 heavy (non-hydrogen) atoms. The summed E-state index contributed by atoms with van der Waals surface area (Å²) in [6, 6.07) is -1.17. The standard InChI is InChI=1S/C27H42N10O5/c28-23(38)14-22(26(41)34-8-7-33-25(40)21-15-31-5-6-32-21)36(20-3-4-20)24(39)18-37(10-12-42-13-11-37)17-19-2-1-9-35(16-19)27(29)30/h5-6,15,19-20,22H,1-4,7-14,16-18H2,(H6-,28,29,30,33,34,38,40,41)/p+1/t19-,22-/m0/s1. The molecule has 3 heterocycles. The molecule has 230 valence electrons. The summed E-state index contributed by atoms with van der Waals surface area (Å²) in [5, 5.41) is 13.3. The Morgan fingerprint density at radius 1 is 1.12 bits per heavy atom. The summed E-state index contributed by atoms with van der Waals surface area (Å²) in [6.45, 7) is 4.99. The molecule has 1 aromatic heterocycles. The normalized spacial score (nSPS) is 20.7. The molecule has 0 radical (unpaired) electrons. The van der Waals surface area contributed by atoms with E-state index in [-0.39, 0.29) is 55.6 Å². The number of likely N-dealkylation sites (tertiary alicyclic amines) is 1. The molecule has 7 N–H and O–H groups in total.